The average Bonchev–Trinajstić information content (AvgIpc) is 2.68. The second kappa shape index (κ2) is 9.63. The zero-order valence-corrected chi connectivity index (χ0v) is 15.4. The molecular formula is C23H28FNO. The molecule has 0 N–H and O–H groups in total. The van der Waals surface area contributed by atoms with Crippen molar-refractivity contribution in [1.29, 1.82) is 0 Å². The summed E-state index contributed by atoms with van der Waals surface area (Å²) in [7, 11) is 0. The van der Waals surface area contributed by atoms with Crippen molar-refractivity contribution in [2.24, 2.45) is 5.92 Å². The van der Waals surface area contributed by atoms with E-state index in [4.69, 9.17) is 0 Å². The molecule has 0 saturated carbocycles. The van der Waals surface area contributed by atoms with E-state index in [1.165, 1.54) is 50.0 Å². The topological polar surface area (TPSA) is 20.3 Å². The van der Waals surface area contributed by atoms with Crippen LogP contribution in [0.2, 0.25) is 0 Å². The van der Waals surface area contributed by atoms with Gasteiger partial charge in [0.1, 0.15) is 5.82 Å². The highest BCUT2D eigenvalue weighted by atomic mass is 19.1. The number of halogens is 1. The van der Waals surface area contributed by atoms with Gasteiger partial charge in [0.05, 0.1) is 0 Å². The van der Waals surface area contributed by atoms with Gasteiger partial charge in [0.2, 0.25) is 0 Å². The first-order valence-corrected chi connectivity index (χ1v) is 9.76. The number of rotatable bonds is 8. The first-order valence-electron chi connectivity index (χ1n) is 9.76. The lowest BCUT2D eigenvalue weighted by molar-refractivity contribution is 0.0977. The van der Waals surface area contributed by atoms with Gasteiger partial charge in [0.25, 0.3) is 0 Å². The van der Waals surface area contributed by atoms with Crippen molar-refractivity contribution < 1.29 is 9.18 Å². The summed E-state index contributed by atoms with van der Waals surface area (Å²) in [4.78, 5) is 14.6. The molecule has 1 heterocycles. The van der Waals surface area contributed by atoms with E-state index in [9.17, 15) is 9.18 Å². The summed E-state index contributed by atoms with van der Waals surface area (Å²) in [6.07, 6.45) is 6.35. The highest BCUT2D eigenvalue weighted by molar-refractivity contribution is 5.95. The van der Waals surface area contributed by atoms with Gasteiger partial charge in [0, 0.05) is 18.5 Å². The lowest BCUT2D eigenvalue weighted by Crippen LogP contribution is -2.33. The molecule has 26 heavy (non-hydrogen) atoms. The van der Waals surface area contributed by atoms with Crippen LogP contribution in [0.15, 0.2) is 54.6 Å². The Hall–Kier alpha value is -2.00. The van der Waals surface area contributed by atoms with Gasteiger partial charge in [0.15, 0.2) is 5.78 Å². The van der Waals surface area contributed by atoms with E-state index in [1.807, 2.05) is 0 Å². The molecule has 0 bridgehead atoms. The third-order valence-electron chi connectivity index (χ3n) is 5.39. The van der Waals surface area contributed by atoms with Crippen molar-refractivity contribution in [3.63, 3.8) is 0 Å². The maximum absolute atomic E-state index is 12.9. The quantitative estimate of drug-likeness (QED) is 0.462. The van der Waals surface area contributed by atoms with E-state index in [2.05, 4.69) is 35.2 Å². The molecule has 3 heteroatoms. The van der Waals surface area contributed by atoms with Gasteiger partial charge < -0.3 is 0 Å². The maximum atomic E-state index is 12.9. The van der Waals surface area contributed by atoms with Gasteiger partial charge >= 0.3 is 0 Å². The Morgan fingerprint density at radius 3 is 2.35 bits per heavy atom. The smallest absolute Gasteiger partial charge is 0.162 e. The fourth-order valence-corrected chi connectivity index (χ4v) is 3.77. The Kier molecular flexibility index (Phi) is 6.96. The van der Waals surface area contributed by atoms with Crippen LogP contribution in [0.25, 0.3) is 0 Å². The lowest BCUT2D eigenvalue weighted by Gasteiger charge is -2.32. The van der Waals surface area contributed by atoms with Crippen molar-refractivity contribution in [3.8, 4) is 0 Å². The molecule has 2 aromatic carbocycles. The number of hydrogen-bond acceptors (Lipinski definition) is 2. The molecule has 1 aliphatic heterocycles. The highest BCUT2D eigenvalue weighted by Gasteiger charge is 2.19. The van der Waals surface area contributed by atoms with Crippen molar-refractivity contribution in [2.75, 3.05) is 13.1 Å². The number of nitrogens with zero attached hydrogens (tertiary/aromatic N) is 1. The number of hydrogen-bond donors (Lipinski definition) is 0. The first-order chi connectivity index (χ1) is 12.7. The average molecular weight is 353 g/mol. The monoisotopic (exact) mass is 353 g/mol. The Morgan fingerprint density at radius 2 is 1.65 bits per heavy atom. The van der Waals surface area contributed by atoms with Crippen LogP contribution >= 0.6 is 0 Å². The number of likely N-dealkylation sites (tertiary alicyclic amines) is 1. The van der Waals surface area contributed by atoms with Crippen molar-refractivity contribution >= 4 is 5.78 Å². The van der Waals surface area contributed by atoms with Crippen molar-refractivity contribution in [3.05, 3.63) is 71.5 Å². The largest absolute Gasteiger partial charge is 0.299 e. The first kappa shape index (κ1) is 18.8. The molecule has 0 aliphatic carbocycles. The molecule has 1 aliphatic rings. The molecule has 1 saturated heterocycles. The summed E-state index contributed by atoms with van der Waals surface area (Å²) in [5.74, 6) is 0.630. The molecule has 0 amide bonds. The fraction of sp³-hybridized carbons (Fsp3) is 0.435. The van der Waals surface area contributed by atoms with Gasteiger partial charge in [-0.2, -0.15) is 0 Å². The predicted octanol–water partition coefficient (Wildman–Crippen LogP) is 5.48. The van der Waals surface area contributed by atoms with Gasteiger partial charge in [-0.3, -0.25) is 9.69 Å². The van der Waals surface area contributed by atoms with Crippen LogP contribution in [0, 0.1) is 11.7 Å². The van der Waals surface area contributed by atoms with Crippen LogP contribution in [0.3, 0.4) is 0 Å². The van der Waals surface area contributed by atoms with Crippen molar-refractivity contribution in [2.45, 2.75) is 45.1 Å². The van der Waals surface area contributed by atoms with E-state index in [0.717, 1.165) is 25.3 Å². The molecule has 2 nitrogen and oxygen atoms in total. The molecule has 138 valence electrons. The molecule has 3 rings (SSSR count). The fourth-order valence-electron chi connectivity index (χ4n) is 3.77. The summed E-state index contributed by atoms with van der Waals surface area (Å²) in [6.45, 7) is 3.40. The number of carbonyl (C=O) groups is 1. The van der Waals surface area contributed by atoms with E-state index in [-0.39, 0.29) is 11.6 Å². The minimum Gasteiger partial charge on any atom is -0.299 e. The normalized spacial score (nSPS) is 15.9. The van der Waals surface area contributed by atoms with Crippen LogP contribution in [0.5, 0.6) is 0 Å². The molecule has 0 aromatic heterocycles. The maximum Gasteiger partial charge on any atom is 0.162 e. The number of carbonyl (C=O) groups excluding carboxylic acids is 1. The van der Waals surface area contributed by atoms with Gasteiger partial charge in [-0.25, -0.2) is 4.39 Å². The van der Waals surface area contributed by atoms with E-state index in [0.29, 0.717) is 12.0 Å². The number of Topliss-reactive ketones (excluding diaryl/α,β-unsaturated/α-hetero) is 1. The number of ketones is 1. The number of unbranched alkanes of at least 4 members (excludes halogenated alkanes) is 1. The second-order valence-electron chi connectivity index (χ2n) is 7.38. The number of piperidine rings is 1. The molecule has 0 unspecified atom stereocenters. The Bertz CT molecular complexity index is 675. The van der Waals surface area contributed by atoms with Crippen LogP contribution in [-0.4, -0.2) is 23.8 Å². The summed E-state index contributed by atoms with van der Waals surface area (Å²) in [6, 6.07) is 16.6. The van der Waals surface area contributed by atoms with Crippen LogP contribution in [-0.2, 0) is 6.54 Å². The zero-order valence-electron chi connectivity index (χ0n) is 15.4. The van der Waals surface area contributed by atoms with Gasteiger partial charge in [-0.05, 0) is 68.1 Å². The van der Waals surface area contributed by atoms with Crippen LogP contribution < -0.4 is 0 Å². The summed E-state index contributed by atoms with van der Waals surface area (Å²) in [5.41, 5.74) is 2.02. The van der Waals surface area contributed by atoms with Crippen molar-refractivity contribution in [1.82, 2.24) is 4.90 Å². The van der Waals surface area contributed by atoms with E-state index >= 15 is 0 Å². The van der Waals surface area contributed by atoms with Crippen LogP contribution in [0.1, 0.15) is 54.4 Å². The predicted molar refractivity (Wildman–Crippen MR) is 104 cm³/mol. The standard InChI is InChI=1S/C23H28FNO/c24-22-12-10-21(11-13-22)23(26)9-5-4-6-19-14-16-25(17-15-19)18-20-7-2-1-3-8-20/h1-3,7-8,10-13,19H,4-6,9,14-18H2. The SMILES string of the molecule is O=C(CCCCC1CCN(Cc2ccccc2)CC1)c1ccc(F)cc1. The van der Waals surface area contributed by atoms with Crippen LogP contribution in [0.4, 0.5) is 4.39 Å². The summed E-state index contributed by atoms with van der Waals surface area (Å²) < 4.78 is 12.9. The molecule has 0 radical (unpaired) electrons. The zero-order chi connectivity index (χ0) is 18.2. The van der Waals surface area contributed by atoms with Gasteiger partial charge in [-0.1, -0.05) is 43.2 Å². The highest BCUT2D eigenvalue weighted by Crippen LogP contribution is 2.24. The molecule has 1 fully saturated rings. The Balaban J connectivity index is 1.30. The minimum atomic E-state index is -0.292. The summed E-state index contributed by atoms with van der Waals surface area (Å²) in [5, 5.41) is 0. The third kappa shape index (κ3) is 5.77. The van der Waals surface area contributed by atoms with E-state index in [1.54, 1.807) is 12.1 Å². The second-order valence-corrected chi connectivity index (χ2v) is 7.38. The minimum absolute atomic E-state index is 0.127. The number of benzene rings is 2. The Morgan fingerprint density at radius 1 is 0.962 bits per heavy atom. The Labute approximate surface area is 156 Å². The molecule has 0 atom stereocenters. The van der Waals surface area contributed by atoms with Gasteiger partial charge in [-0.15, -0.1) is 0 Å². The molecule has 0 spiro atoms. The third-order valence-corrected chi connectivity index (χ3v) is 5.39. The summed E-state index contributed by atoms with van der Waals surface area (Å²) >= 11 is 0. The van der Waals surface area contributed by atoms with E-state index < -0.39 is 0 Å². The molecular weight excluding hydrogens is 325 g/mol. The lowest BCUT2D eigenvalue weighted by atomic mass is 9.90. The molecule has 2 aromatic rings.